The number of Topliss-reactive ketones (excluding diaryl/α,β-unsaturated/α-hetero) is 2. The van der Waals surface area contributed by atoms with E-state index in [0.717, 1.165) is 43.4 Å². The van der Waals surface area contributed by atoms with Gasteiger partial charge in [0.2, 0.25) is 35.4 Å². The Morgan fingerprint density at radius 1 is 0.598 bits per heavy atom. The minimum absolute atomic E-state index is 0.0294. The molecule has 4 fully saturated rings. The van der Waals surface area contributed by atoms with Gasteiger partial charge in [-0.05, 0) is 116 Å². The number of fused-ring (bicyclic) bond motifs is 3. The van der Waals surface area contributed by atoms with Crippen molar-refractivity contribution in [3.63, 3.8) is 0 Å². The van der Waals surface area contributed by atoms with Crippen LogP contribution in [0.5, 0.6) is 0 Å². The summed E-state index contributed by atoms with van der Waals surface area (Å²) in [5.74, 6) is -6.37. The molecular weight excluding hydrogens is 1400 g/mol. The number of piperidine rings is 3. The van der Waals surface area contributed by atoms with Crippen molar-refractivity contribution in [3.05, 3.63) is 156 Å². The van der Waals surface area contributed by atoms with Crippen LogP contribution in [0.4, 0.5) is 0 Å². The monoisotopic (exact) mass is 1460 g/mol. The largest absolute Gasteiger partial charge is 0.481 e. The fourth-order valence-electron chi connectivity index (χ4n) is 10.6. The van der Waals surface area contributed by atoms with Crippen LogP contribution in [-0.4, -0.2) is 150 Å². The summed E-state index contributed by atoms with van der Waals surface area (Å²) < 4.78 is 6.17. The molecule has 0 bridgehead atoms. The van der Waals surface area contributed by atoms with Crippen LogP contribution in [-0.2, 0) is 88.9 Å². The van der Waals surface area contributed by atoms with Crippen molar-refractivity contribution in [1.82, 2.24) is 30.7 Å². The minimum atomic E-state index is -1.10. The number of aliphatic carboxylic acids is 3. The number of imide groups is 3. The number of methoxy groups -OCH3 is 1. The van der Waals surface area contributed by atoms with Crippen LogP contribution < -0.4 is 21.7 Å². The number of carbonyl (C=O) groups excluding carboxylic acids is 12. The molecule has 0 spiro atoms. The lowest BCUT2D eigenvalue weighted by atomic mass is 9.94. The van der Waals surface area contributed by atoms with Crippen molar-refractivity contribution in [2.75, 3.05) is 7.11 Å². The first-order valence-electron chi connectivity index (χ1n) is 28.3. The van der Waals surface area contributed by atoms with Gasteiger partial charge >= 0.3 is 23.9 Å². The van der Waals surface area contributed by atoms with Gasteiger partial charge in [-0.25, -0.2) is 14.4 Å². The van der Waals surface area contributed by atoms with Gasteiger partial charge in [-0.1, -0.05) is 83.2 Å². The number of hydrogen-bond donors (Lipinski definition) is 7. The predicted molar refractivity (Wildman–Crippen MR) is 336 cm³/mol. The number of nitrogens with zero attached hydrogens (tertiary/aromatic N) is 3. The zero-order valence-corrected chi connectivity index (χ0v) is 54.0. The summed E-state index contributed by atoms with van der Waals surface area (Å²) in [5, 5.41) is 32.6. The molecule has 4 aromatic carbocycles. The summed E-state index contributed by atoms with van der Waals surface area (Å²) in [6.45, 7) is 3.96. The number of hydrogen-bond acceptors (Lipinski definition) is 17. The number of halogens is 3. The number of amides is 9. The topological polar surface area (TPSA) is 398 Å². The van der Waals surface area contributed by atoms with Crippen LogP contribution in [0.1, 0.15) is 139 Å². The van der Waals surface area contributed by atoms with E-state index in [-0.39, 0.29) is 110 Å². The van der Waals surface area contributed by atoms with Crippen LogP contribution in [0.15, 0.2) is 100 Å². The smallest absolute Gasteiger partial charge is 0.339 e. The number of ether oxygens (including phenoxy) is 1. The van der Waals surface area contributed by atoms with E-state index in [1.807, 2.05) is 42.5 Å². The van der Waals surface area contributed by atoms with E-state index >= 15 is 0 Å². The van der Waals surface area contributed by atoms with E-state index in [9.17, 15) is 71.9 Å². The Morgan fingerprint density at radius 3 is 1.47 bits per heavy atom. The lowest BCUT2D eigenvalue weighted by Crippen LogP contribution is -2.52. The Bertz CT molecular complexity index is 3720. The van der Waals surface area contributed by atoms with Gasteiger partial charge in [0.05, 0.1) is 36.3 Å². The molecular formula is C63H62Br3N7O19. The number of benzene rings is 4. The van der Waals surface area contributed by atoms with Crippen LogP contribution >= 0.6 is 47.8 Å². The van der Waals surface area contributed by atoms with Gasteiger partial charge in [0.25, 0.3) is 17.7 Å². The lowest BCUT2D eigenvalue weighted by Gasteiger charge is -2.29. The average Bonchev–Trinajstić information content (AvgIpc) is 1.65. The number of carboxylic acids is 3. The second-order valence-electron chi connectivity index (χ2n) is 21.1. The number of nitrogens with two attached hydrogens (primary N) is 1. The van der Waals surface area contributed by atoms with E-state index in [0.29, 0.717) is 83.9 Å². The van der Waals surface area contributed by atoms with Crippen LogP contribution in [0.25, 0.3) is 6.08 Å². The number of nitrogens with one attached hydrogen (secondary N) is 3. The summed E-state index contributed by atoms with van der Waals surface area (Å²) in [4.78, 5) is 175. The number of alkyl halides is 1. The summed E-state index contributed by atoms with van der Waals surface area (Å²) in [6, 6.07) is 19.4. The molecule has 8 N–H and O–H groups in total. The Balaban J connectivity index is 0.000000184. The normalized spacial score (nSPS) is 19.5. The van der Waals surface area contributed by atoms with Crippen LogP contribution in [0.3, 0.4) is 0 Å². The number of ketones is 2. The first-order chi connectivity index (χ1) is 43.7. The summed E-state index contributed by atoms with van der Waals surface area (Å²) in [6.07, 6.45) is 6.15. The van der Waals surface area contributed by atoms with Gasteiger partial charge in [0, 0.05) is 83.7 Å². The molecule has 11 rings (SSSR count). The Kier molecular flexibility index (Phi) is 26.0. The molecule has 29 heteroatoms. The Morgan fingerprint density at radius 2 is 1.03 bits per heavy atom. The molecule has 26 nitrogen and oxygen atoms in total. The van der Waals surface area contributed by atoms with E-state index in [1.165, 1.54) is 27.9 Å². The zero-order valence-electron chi connectivity index (χ0n) is 49.2. The quantitative estimate of drug-likeness (QED) is 0.0332. The van der Waals surface area contributed by atoms with E-state index in [2.05, 4.69) is 75.1 Å². The molecule has 4 unspecified atom stereocenters. The molecule has 92 heavy (non-hydrogen) atoms. The predicted octanol–water partition coefficient (Wildman–Crippen LogP) is 5.24. The standard InChI is InChI=1S/C16H16N2O5.C16H14N2O5.C13H11BrN2O3.C9H8Br2O2.C6H9NO2.C3H4O2/c2*19-12-6-5-11(15(22)17-12)18-8-10-3-1-2-9(4-7-13(20)21)14(10)16(18)23;14-8-3-1-2-7-6-16(13(19)11(7)8)9-4-5-10(17)15-12(9)18;1-13-9(12)8-6(5-10)3-2-4-7(8)11;7-5-2-1-4(8)3-6(5)9;1-2-3(4)5/h1-3,11H,4-8H2,(H,20,21)(H,17,19,22);1-4,7,11H,5-6,8H2,(H,20,21)(H,17,19,22);1-3,9H,4-6H2,(H,15,17,18);2-4H,5H2,1H3;5H,1-3,7H2;2H,1H2,(H,4,5)/b;7-4+;;;;. The maximum absolute atomic E-state index is 12.7. The average molecular weight is 1460 g/mol. The third-order valence-electron chi connectivity index (χ3n) is 15.1. The first-order valence-corrected chi connectivity index (χ1v) is 31.0. The fraction of sp³-hybridized carbons (Fsp3) is 0.317. The van der Waals surface area contributed by atoms with Crippen molar-refractivity contribution >= 4 is 142 Å². The van der Waals surface area contributed by atoms with Gasteiger partial charge in [-0.3, -0.25) is 73.5 Å². The maximum Gasteiger partial charge on any atom is 0.339 e. The van der Waals surface area contributed by atoms with Gasteiger partial charge in [0.1, 0.15) is 23.9 Å². The van der Waals surface area contributed by atoms with Crippen LogP contribution in [0, 0.1) is 0 Å². The fourth-order valence-corrected chi connectivity index (χ4v) is 12.2. The summed E-state index contributed by atoms with van der Waals surface area (Å²) in [5.41, 5.74) is 12.0. The highest BCUT2D eigenvalue weighted by Gasteiger charge is 2.43. The molecule has 484 valence electrons. The molecule has 7 aliphatic rings. The van der Waals surface area contributed by atoms with Crippen molar-refractivity contribution in [2.45, 2.75) is 120 Å². The number of esters is 1. The van der Waals surface area contributed by atoms with Gasteiger partial charge in [-0.2, -0.15) is 0 Å². The molecule has 1 aliphatic carbocycles. The first kappa shape index (κ1) is 71.9. The molecule has 4 atom stereocenters. The number of carbonyl (C=O) groups is 15. The molecule has 0 radical (unpaired) electrons. The molecule has 1 saturated carbocycles. The van der Waals surface area contributed by atoms with Crippen molar-refractivity contribution in [2.24, 2.45) is 5.73 Å². The summed E-state index contributed by atoms with van der Waals surface area (Å²) in [7, 11) is 1.37. The number of rotatable bonds is 11. The number of carboxylic acid groups (broad SMARTS) is 3. The van der Waals surface area contributed by atoms with Crippen molar-refractivity contribution < 1.29 is 92.0 Å². The zero-order chi connectivity index (χ0) is 67.7. The highest BCUT2D eigenvalue weighted by Crippen LogP contribution is 2.34. The second-order valence-corrected chi connectivity index (χ2v) is 23.4. The molecule has 9 amide bonds. The highest BCUT2D eigenvalue weighted by molar-refractivity contribution is 9.11. The molecule has 6 heterocycles. The molecule has 3 saturated heterocycles. The van der Waals surface area contributed by atoms with Gasteiger partial charge in [-0.15, -0.1) is 0 Å². The lowest BCUT2D eigenvalue weighted by molar-refractivity contribution is -0.138. The maximum atomic E-state index is 12.7. The van der Waals surface area contributed by atoms with Crippen molar-refractivity contribution in [1.29, 1.82) is 0 Å². The molecule has 6 aliphatic heterocycles. The Labute approximate surface area is 550 Å². The third-order valence-corrected chi connectivity index (χ3v) is 17.0. The van der Waals surface area contributed by atoms with E-state index in [1.54, 1.807) is 30.3 Å². The van der Waals surface area contributed by atoms with Crippen molar-refractivity contribution in [3.8, 4) is 0 Å². The second kappa shape index (κ2) is 33.2. The SMILES string of the molecule is C=CC(=O)O.COC(=O)c1c(Br)cccc1CBr.NC1CCC(=O)CC1=O.O=C(O)/C=C/c1cccc2c1C(=O)N(C1CCC(=O)NC1=O)C2.O=C(O)CCc1cccc2c1C(=O)N(C1CCC(=O)NC1=O)C2.O=C1CCC(N2Cc3cccc(Br)c3C2=O)C(=O)N1. The summed E-state index contributed by atoms with van der Waals surface area (Å²) >= 11 is 9.98. The molecule has 0 aromatic heterocycles. The Hall–Kier alpha value is -9.19. The highest BCUT2D eigenvalue weighted by atomic mass is 79.9. The minimum Gasteiger partial charge on any atom is -0.481 e. The van der Waals surface area contributed by atoms with E-state index in [4.69, 9.17) is 21.1 Å². The van der Waals surface area contributed by atoms with Gasteiger partial charge < -0.3 is 40.5 Å². The number of aryl methyl sites for hydroxylation is 1. The third kappa shape index (κ3) is 18.5. The van der Waals surface area contributed by atoms with Crippen LogP contribution in [0.2, 0.25) is 0 Å². The van der Waals surface area contributed by atoms with E-state index < -0.39 is 47.8 Å². The van der Waals surface area contributed by atoms with Gasteiger partial charge in [0.15, 0.2) is 5.78 Å². The molecule has 4 aromatic rings.